The third kappa shape index (κ3) is 32.9. The minimum Gasteiger partial charge on any atom is -0.480 e. The van der Waals surface area contributed by atoms with Gasteiger partial charge in [0.2, 0.25) is 5.91 Å². The summed E-state index contributed by atoms with van der Waals surface area (Å²) in [5.41, 5.74) is 0. The number of hydrogen-bond acceptors (Lipinski definition) is 8. The molecule has 3 unspecified atom stereocenters. The molecule has 0 aromatic rings. The molecule has 0 aliphatic carbocycles. The number of aliphatic hydroxyl groups is 1. The van der Waals surface area contributed by atoms with Crippen molar-refractivity contribution in [3.8, 4) is 0 Å². The highest BCUT2D eigenvalue weighted by Gasteiger charge is 2.28. The Bertz CT molecular complexity index is 942. The van der Waals surface area contributed by atoms with E-state index in [1.807, 2.05) is 6.92 Å². The number of carbonyl (C=O) groups excluding carboxylic acids is 2. The van der Waals surface area contributed by atoms with Crippen molar-refractivity contribution in [3.63, 3.8) is 0 Å². The first kappa shape index (κ1) is 47.0. The molecular formula is C37H68NO10P. The van der Waals surface area contributed by atoms with E-state index in [0.717, 1.165) is 44.9 Å². The van der Waals surface area contributed by atoms with Crippen molar-refractivity contribution in [3.05, 3.63) is 24.3 Å². The van der Waals surface area contributed by atoms with E-state index < -0.39 is 57.6 Å². The number of nitrogens with one attached hydrogen (secondary N) is 1. The average molecular weight is 718 g/mol. The van der Waals surface area contributed by atoms with E-state index in [0.29, 0.717) is 12.8 Å². The molecule has 0 saturated carbocycles. The molecule has 0 aliphatic rings. The van der Waals surface area contributed by atoms with E-state index in [-0.39, 0.29) is 12.8 Å². The quantitative estimate of drug-likeness (QED) is 0.0215. The van der Waals surface area contributed by atoms with Crippen LogP contribution in [-0.4, -0.2) is 64.9 Å². The lowest BCUT2D eigenvalue weighted by molar-refractivity contribution is -0.147. The van der Waals surface area contributed by atoms with Crippen LogP contribution in [0.5, 0.6) is 0 Å². The van der Waals surface area contributed by atoms with Crippen molar-refractivity contribution in [2.24, 2.45) is 0 Å². The highest BCUT2D eigenvalue weighted by Crippen LogP contribution is 2.43. The first-order valence-corrected chi connectivity index (χ1v) is 20.4. The summed E-state index contributed by atoms with van der Waals surface area (Å²) in [5, 5.41) is 21.5. The fraction of sp³-hybridized carbons (Fsp3) is 0.811. The van der Waals surface area contributed by atoms with Crippen molar-refractivity contribution in [1.29, 1.82) is 0 Å². The van der Waals surface area contributed by atoms with E-state index in [2.05, 4.69) is 36.5 Å². The zero-order chi connectivity index (χ0) is 36.4. The van der Waals surface area contributed by atoms with Crippen LogP contribution in [0.15, 0.2) is 24.3 Å². The zero-order valence-corrected chi connectivity index (χ0v) is 31.4. The van der Waals surface area contributed by atoms with Crippen LogP contribution in [0.2, 0.25) is 0 Å². The minimum atomic E-state index is -4.73. The summed E-state index contributed by atoms with van der Waals surface area (Å²) in [5.74, 6) is -2.40. The molecule has 12 heteroatoms. The summed E-state index contributed by atoms with van der Waals surface area (Å²) in [6.07, 6.45) is 31.6. The molecule has 0 bridgehead atoms. The Morgan fingerprint density at radius 3 is 1.69 bits per heavy atom. The number of aliphatic carboxylic acids is 1. The lowest BCUT2D eigenvalue weighted by Crippen LogP contribution is -2.43. The maximum Gasteiger partial charge on any atom is 0.472 e. The predicted octanol–water partition coefficient (Wildman–Crippen LogP) is 8.72. The number of ether oxygens (including phenoxy) is 1. The molecule has 1 amide bonds. The van der Waals surface area contributed by atoms with Crippen LogP contribution >= 0.6 is 7.82 Å². The van der Waals surface area contributed by atoms with Gasteiger partial charge in [-0.2, -0.15) is 0 Å². The number of carbonyl (C=O) groups is 3. The minimum absolute atomic E-state index is 0.138. The SMILES string of the molecule is CCCCC/C=C\C/C=C\CCCCCCCCCCCCCC(=O)OCC(O)COP(=O)(O)OCC(NC(=O)CCCCCC)C(=O)O. The van der Waals surface area contributed by atoms with Crippen LogP contribution in [-0.2, 0) is 32.7 Å². The van der Waals surface area contributed by atoms with Crippen molar-refractivity contribution < 1.29 is 47.8 Å². The molecule has 49 heavy (non-hydrogen) atoms. The Labute approximate surface area is 296 Å². The number of carboxylic acids is 1. The van der Waals surface area contributed by atoms with Crippen LogP contribution < -0.4 is 5.32 Å². The van der Waals surface area contributed by atoms with Gasteiger partial charge in [-0.1, -0.05) is 128 Å². The van der Waals surface area contributed by atoms with Crippen LogP contribution in [0.3, 0.4) is 0 Å². The first-order valence-electron chi connectivity index (χ1n) is 18.9. The van der Waals surface area contributed by atoms with Crippen LogP contribution in [0.4, 0.5) is 0 Å². The van der Waals surface area contributed by atoms with Gasteiger partial charge in [0, 0.05) is 12.8 Å². The molecule has 0 saturated heterocycles. The Morgan fingerprint density at radius 1 is 0.653 bits per heavy atom. The second kappa shape index (κ2) is 33.1. The predicted molar refractivity (Wildman–Crippen MR) is 194 cm³/mol. The third-order valence-electron chi connectivity index (χ3n) is 7.99. The molecule has 0 aliphatic heterocycles. The number of aliphatic hydroxyl groups excluding tert-OH is 1. The summed E-state index contributed by atoms with van der Waals surface area (Å²) in [7, 11) is -4.73. The van der Waals surface area contributed by atoms with Crippen molar-refractivity contribution in [1.82, 2.24) is 5.32 Å². The highest BCUT2D eigenvalue weighted by atomic mass is 31.2. The van der Waals surface area contributed by atoms with Gasteiger partial charge in [-0.05, 0) is 44.9 Å². The van der Waals surface area contributed by atoms with E-state index in [4.69, 9.17) is 13.8 Å². The van der Waals surface area contributed by atoms with Crippen molar-refractivity contribution >= 4 is 25.7 Å². The number of unbranched alkanes of at least 4 members (excludes halogenated alkanes) is 17. The van der Waals surface area contributed by atoms with E-state index in [9.17, 15) is 34.1 Å². The fourth-order valence-electron chi connectivity index (χ4n) is 4.99. The maximum atomic E-state index is 12.1. The van der Waals surface area contributed by atoms with Crippen LogP contribution in [0.25, 0.3) is 0 Å². The van der Waals surface area contributed by atoms with Gasteiger partial charge in [0.15, 0.2) is 6.04 Å². The molecule has 0 spiro atoms. The lowest BCUT2D eigenvalue weighted by atomic mass is 10.0. The number of esters is 1. The van der Waals surface area contributed by atoms with Gasteiger partial charge < -0.3 is 25.2 Å². The molecule has 0 aromatic heterocycles. The number of phosphoric acid groups is 1. The number of hydrogen-bond donors (Lipinski definition) is 4. The molecule has 286 valence electrons. The van der Waals surface area contributed by atoms with Gasteiger partial charge in [0.1, 0.15) is 12.7 Å². The molecule has 4 N–H and O–H groups in total. The largest absolute Gasteiger partial charge is 0.480 e. The first-order chi connectivity index (χ1) is 23.6. The fourth-order valence-corrected chi connectivity index (χ4v) is 5.76. The molecule has 11 nitrogen and oxygen atoms in total. The summed E-state index contributed by atoms with van der Waals surface area (Å²) in [4.78, 5) is 45.2. The zero-order valence-electron chi connectivity index (χ0n) is 30.5. The van der Waals surface area contributed by atoms with Gasteiger partial charge in [0.25, 0.3) is 0 Å². The molecule has 0 fully saturated rings. The summed E-state index contributed by atoms with van der Waals surface area (Å²) in [6, 6.07) is -1.54. The Morgan fingerprint density at radius 2 is 1.12 bits per heavy atom. The highest BCUT2D eigenvalue weighted by molar-refractivity contribution is 7.47. The third-order valence-corrected chi connectivity index (χ3v) is 8.94. The maximum absolute atomic E-state index is 12.1. The molecular weight excluding hydrogens is 649 g/mol. The summed E-state index contributed by atoms with van der Waals surface area (Å²) < 4.78 is 26.5. The molecule has 3 atom stereocenters. The normalized spacial score (nSPS) is 14.2. The van der Waals surface area contributed by atoms with E-state index in [1.165, 1.54) is 77.0 Å². The number of amides is 1. The van der Waals surface area contributed by atoms with Crippen molar-refractivity contribution in [2.45, 2.75) is 174 Å². The Balaban J connectivity index is 3.77. The summed E-state index contributed by atoms with van der Waals surface area (Å²) in [6.45, 7) is 2.37. The Hall–Kier alpha value is -2.04. The van der Waals surface area contributed by atoms with E-state index in [1.54, 1.807) is 0 Å². The van der Waals surface area contributed by atoms with Gasteiger partial charge in [-0.15, -0.1) is 0 Å². The van der Waals surface area contributed by atoms with E-state index >= 15 is 0 Å². The standard InChI is InChI=1S/C37H68NO10P/c1-3-5-7-9-10-11-12-13-14-15-16-17-18-19-20-21-22-23-24-25-27-29-36(41)46-30-33(39)31-47-49(44,45)48-32-34(37(42)43)38-35(40)28-26-8-6-4-2/h10-11,13-14,33-34,39H,3-9,12,15-32H2,1-2H3,(H,38,40)(H,42,43)(H,44,45)/b11-10-,14-13-. The van der Waals surface area contributed by atoms with Gasteiger partial charge in [-0.25, -0.2) is 9.36 Å². The molecule has 0 aromatic carbocycles. The topological polar surface area (TPSA) is 169 Å². The van der Waals surface area contributed by atoms with Crippen molar-refractivity contribution in [2.75, 3.05) is 19.8 Å². The van der Waals surface area contributed by atoms with Crippen LogP contribution in [0, 0.1) is 0 Å². The van der Waals surface area contributed by atoms with Crippen LogP contribution in [0.1, 0.15) is 162 Å². The average Bonchev–Trinajstić information content (AvgIpc) is 3.07. The van der Waals surface area contributed by atoms with Gasteiger partial charge >= 0.3 is 19.8 Å². The molecule has 0 heterocycles. The lowest BCUT2D eigenvalue weighted by Gasteiger charge is -2.18. The second-order valence-electron chi connectivity index (χ2n) is 12.8. The molecule has 0 rings (SSSR count). The van der Waals surface area contributed by atoms with Gasteiger partial charge in [-0.3, -0.25) is 18.6 Å². The van der Waals surface area contributed by atoms with Gasteiger partial charge in [0.05, 0.1) is 13.2 Å². The monoisotopic (exact) mass is 717 g/mol. The number of allylic oxidation sites excluding steroid dienone is 4. The molecule has 0 radical (unpaired) electrons. The second-order valence-corrected chi connectivity index (χ2v) is 14.2. The summed E-state index contributed by atoms with van der Waals surface area (Å²) >= 11 is 0. The number of phosphoric ester groups is 1. The number of rotatable bonds is 35. The Kier molecular flexibility index (Phi) is 31.7. The smallest absolute Gasteiger partial charge is 0.472 e. The number of carboxylic acid groups (broad SMARTS) is 1.